The van der Waals surface area contributed by atoms with Gasteiger partial charge in [0.2, 0.25) is 0 Å². The van der Waals surface area contributed by atoms with E-state index in [4.69, 9.17) is 12.2 Å². The van der Waals surface area contributed by atoms with Crippen LogP contribution in [0.5, 0.6) is 0 Å². The maximum atomic E-state index is 12.2. The lowest BCUT2D eigenvalue weighted by atomic mass is 9.99. The summed E-state index contributed by atoms with van der Waals surface area (Å²) in [6.45, 7) is 4.53. The number of hydrogen-bond acceptors (Lipinski definition) is 3. The number of anilines is 2. The van der Waals surface area contributed by atoms with Gasteiger partial charge in [-0.25, -0.2) is 0 Å². The number of halogens is 1. The molecular formula is C20H22BrN3OS. The lowest BCUT2D eigenvalue weighted by Gasteiger charge is -2.32. The fourth-order valence-corrected chi connectivity index (χ4v) is 3.44. The Morgan fingerprint density at radius 3 is 2.31 bits per heavy atom. The first-order chi connectivity index (χ1) is 12.5. The summed E-state index contributed by atoms with van der Waals surface area (Å²) in [5.74, 6) is 0.591. The molecule has 0 saturated carbocycles. The molecule has 1 heterocycles. The van der Waals surface area contributed by atoms with Gasteiger partial charge in [0.1, 0.15) is 0 Å². The number of benzene rings is 2. The molecule has 2 aromatic carbocycles. The van der Waals surface area contributed by atoms with Crippen molar-refractivity contribution in [1.82, 2.24) is 5.32 Å². The highest BCUT2D eigenvalue weighted by Crippen LogP contribution is 2.24. The van der Waals surface area contributed by atoms with Crippen LogP contribution in [0.15, 0.2) is 53.0 Å². The maximum Gasteiger partial charge on any atom is 0.257 e. The lowest BCUT2D eigenvalue weighted by Crippen LogP contribution is -2.34. The Hall–Kier alpha value is -1.92. The van der Waals surface area contributed by atoms with E-state index in [1.165, 1.54) is 18.5 Å². The summed E-state index contributed by atoms with van der Waals surface area (Å²) in [7, 11) is 0. The molecule has 0 spiro atoms. The summed E-state index contributed by atoms with van der Waals surface area (Å²) in [5.41, 5.74) is 2.65. The minimum atomic E-state index is -0.228. The molecule has 0 aromatic heterocycles. The molecule has 136 valence electrons. The highest BCUT2D eigenvalue weighted by atomic mass is 79.9. The second kappa shape index (κ2) is 8.64. The smallest absolute Gasteiger partial charge is 0.257 e. The number of hydrogen-bond donors (Lipinski definition) is 2. The minimum Gasteiger partial charge on any atom is -0.372 e. The molecule has 2 aromatic rings. The van der Waals surface area contributed by atoms with E-state index in [9.17, 15) is 4.79 Å². The van der Waals surface area contributed by atoms with Crippen molar-refractivity contribution in [2.24, 2.45) is 5.92 Å². The molecular weight excluding hydrogens is 410 g/mol. The van der Waals surface area contributed by atoms with Gasteiger partial charge in [0.25, 0.3) is 5.91 Å². The SMILES string of the molecule is CC1CCN(c2ccc(NC(=S)NC(=O)c3ccc(Br)cc3)cc2)CC1. The van der Waals surface area contributed by atoms with Crippen LogP contribution in [-0.4, -0.2) is 24.1 Å². The summed E-state index contributed by atoms with van der Waals surface area (Å²) in [5, 5.41) is 6.05. The van der Waals surface area contributed by atoms with Crippen LogP contribution in [0.4, 0.5) is 11.4 Å². The molecule has 26 heavy (non-hydrogen) atoms. The lowest BCUT2D eigenvalue weighted by molar-refractivity contribution is 0.0977. The van der Waals surface area contributed by atoms with Crippen LogP contribution in [-0.2, 0) is 0 Å². The van der Waals surface area contributed by atoms with Crippen molar-refractivity contribution in [3.63, 3.8) is 0 Å². The van der Waals surface area contributed by atoms with Crippen LogP contribution < -0.4 is 15.5 Å². The zero-order valence-corrected chi connectivity index (χ0v) is 17.1. The molecule has 1 aliphatic rings. The quantitative estimate of drug-likeness (QED) is 0.684. The third-order valence-corrected chi connectivity index (χ3v) is 5.34. The Kier molecular flexibility index (Phi) is 6.27. The largest absolute Gasteiger partial charge is 0.372 e. The zero-order chi connectivity index (χ0) is 18.5. The second-order valence-electron chi connectivity index (χ2n) is 6.63. The number of carbonyl (C=O) groups is 1. The van der Waals surface area contributed by atoms with Gasteiger partial charge in [-0.15, -0.1) is 0 Å². The van der Waals surface area contributed by atoms with Crippen molar-refractivity contribution >= 4 is 50.5 Å². The molecule has 1 saturated heterocycles. The van der Waals surface area contributed by atoms with Gasteiger partial charge in [-0.05, 0) is 79.5 Å². The Labute approximate surface area is 168 Å². The molecule has 4 nitrogen and oxygen atoms in total. The number of amides is 1. The molecule has 6 heteroatoms. The monoisotopic (exact) mass is 431 g/mol. The van der Waals surface area contributed by atoms with Crippen molar-refractivity contribution in [2.45, 2.75) is 19.8 Å². The number of nitrogens with one attached hydrogen (secondary N) is 2. The third-order valence-electron chi connectivity index (χ3n) is 4.61. The van der Waals surface area contributed by atoms with E-state index in [0.717, 1.165) is 29.2 Å². The predicted octanol–water partition coefficient (Wildman–Crippen LogP) is 4.81. The summed E-state index contributed by atoms with van der Waals surface area (Å²) in [6, 6.07) is 15.3. The standard InChI is InChI=1S/C20H22BrN3OS/c1-14-10-12-24(13-11-14)18-8-6-17(7-9-18)22-20(26)23-19(25)15-2-4-16(21)5-3-15/h2-9,14H,10-13H2,1H3,(H2,22,23,25,26). The fourth-order valence-electron chi connectivity index (χ4n) is 2.96. The fraction of sp³-hybridized carbons (Fsp3) is 0.300. The van der Waals surface area contributed by atoms with Crippen LogP contribution in [0, 0.1) is 5.92 Å². The van der Waals surface area contributed by atoms with Crippen LogP contribution in [0.2, 0.25) is 0 Å². The highest BCUT2D eigenvalue weighted by Gasteiger charge is 2.16. The van der Waals surface area contributed by atoms with Crippen molar-refractivity contribution in [1.29, 1.82) is 0 Å². The van der Waals surface area contributed by atoms with Crippen molar-refractivity contribution < 1.29 is 4.79 Å². The number of carbonyl (C=O) groups excluding carboxylic acids is 1. The molecule has 1 fully saturated rings. The molecule has 0 radical (unpaired) electrons. The summed E-state index contributed by atoms with van der Waals surface area (Å²) in [6.07, 6.45) is 2.48. The minimum absolute atomic E-state index is 0.228. The number of thiocarbonyl (C=S) groups is 1. The molecule has 2 N–H and O–H groups in total. The number of rotatable bonds is 3. The maximum absolute atomic E-state index is 12.2. The van der Waals surface area contributed by atoms with E-state index >= 15 is 0 Å². The van der Waals surface area contributed by atoms with E-state index in [2.05, 4.69) is 50.5 Å². The van der Waals surface area contributed by atoms with Crippen LogP contribution in [0.25, 0.3) is 0 Å². The topological polar surface area (TPSA) is 44.4 Å². The van der Waals surface area contributed by atoms with Gasteiger partial charge < -0.3 is 10.2 Å². The summed E-state index contributed by atoms with van der Waals surface area (Å²) >= 11 is 8.60. The zero-order valence-electron chi connectivity index (χ0n) is 14.7. The Balaban J connectivity index is 1.54. The van der Waals surface area contributed by atoms with E-state index in [1.54, 1.807) is 12.1 Å². The first kappa shape index (κ1) is 18.9. The van der Waals surface area contributed by atoms with Gasteiger partial charge >= 0.3 is 0 Å². The molecule has 0 unspecified atom stereocenters. The van der Waals surface area contributed by atoms with Crippen molar-refractivity contribution in [3.8, 4) is 0 Å². The normalized spacial score (nSPS) is 14.8. The van der Waals surface area contributed by atoms with E-state index in [1.807, 2.05) is 24.3 Å². The van der Waals surface area contributed by atoms with E-state index < -0.39 is 0 Å². The van der Waals surface area contributed by atoms with Crippen molar-refractivity contribution in [3.05, 3.63) is 58.6 Å². The highest BCUT2D eigenvalue weighted by molar-refractivity contribution is 9.10. The van der Waals surface area contributed by atoms with Gasteiger partial charge in [-0.2, -0.15) is 0 Å². The average Bonchev–Trinajstić information content (AvgIpc) is 2.63. The Morgan fingerprint density at radius 1 is 1.08 bits per heavy atom. The number of nitrogens with zero attached hydrogens (tertiary/aromatic N) is 1. The van der Waals surface area contributed by atoms with Gasteiger partial charge in [0.05, 0.1) is 0 Å². The van der Waals surface area contributed by atoms with Gasteiger partial charge in [0.15, 0.2) is 5.11 Å². The van der Waals surface area contributed by atoms with E-state index in [0.29, 0.717) is 5.56 Å². The molecule has 1 amide bonds. The Morgan fingerprint density at radius 2 is 1.69 bits per heavy atom. The van der Waals surface area contributed by atoms with Gasteiger partial charge in [-0.1, -0.05) is 22.9 Å². The second-order valence-corrected chi connectivity index (χ2v) is 7.96. The first-order valence-electron chi connectivity index (χ1n) is 8.74. The first-order valence-corrected chi connectivity index (χ1v) is 9.94. The molecule has 0 atom stereocenters. The van der Waals surface area contributed by atoms with Gasteiger partial charge in [0, 0.05) is 34.5 Å². The van der Waals surface area contributed by atoms with Crippen LogP contribution in [0.3, 0.4) is 0 Å². The van der Waals surface area contributed by atoms with Crippen LogP contribution >= 0.6 is 28.1 Å². The average molecular weight is 432 g/mol. The van der Waals surface area contributed by atoms with Crippen LogP contribution in [0.1, 0.15) is 30.1 Å². The summed E-state index contributed by atoms with van der Waals surface area (Å²) in [4.78, 5) is 14.6. The van der Waals surface area contributed by atoms with Crippen molar-refractivity contribution in [2.75, 3.05) is 23.3 Å². The molecule has 3 rings (SSSR count). The summed E-state index contributed by atoms with van der Waals surface area (Å²) < 4.78 is 0.929. The molecule has 1 aliphatic heterocycles. The molecule has 0 bridgehead atoms. The van der Waals surface area contributed by atoms with Gasteiger partial charge in [-0.3, -0.25) is 10.1 Å². The number of piperidine rings is 1. The third kappa shape index (κ3) is 5.05. The molecule has 0 aliphatic carbocycles. The predicted molar refractivity (Wildman–Crippen MR) is 115 cm³/mol. The van der Waals surface area contributed by atoms with E-state index in [-0.39, 0.29) is 11.0 Å². The Bertz CT molecular complexity index is 769.